The number of halogens is 1. The van der Waals surface area contributed by atoms with Crippen molar-refractivity contribution in [3.63, 3.8) is 0 Å². The number of esters is 1. The zero-order valence-corrected chi connectivity index (χ0v) is 16.3. The van der Waals surface area contributed by atoms with Crippen LogP contribution in [0.5, 0.6) is 0 Å². The summed E-state index contributed by atoms with van der Waals surface area (Å²) in [6.07, 6.45) is 1.87. The predicted octanol–water partition coefficient (Wildman–Crippen LogP) is 5.48. The summed E-state index contributed by atoms with van der Waals surface area (Å²) in [5.41, 5.74) is 0.766. The van der Waals surface area contributed by atoms with E-state index in [4.69, 9.17) is 16.3 Å². The molecule has 0 aliphatic carbocycles. The lowest BCUT2D eigenvalue weighted by molar-refractivity contribution is -0.383. The Morgan fingerprint density at radius 1 is 1.30 bits per heavy atom. The van der Waals surface area contributed by atoms with Crippen molar-refractivity contribution < 1.29 is 14.5 Å². The van der Waals surface area contributed by atoms with E-state index in [1.54, 1.807) is 18.2 Å². The number of hydrogen-bond acceptors (Lipinski definition) is 5. The molecule has 1 heterocycles. The third-order valence-electron chi connectivity index (χ3n) is 4.04. The molecule has 2 aromatic carbocycles. The highest BCUT2D eigenvalue weighted by atomic mass is 35.5. The normalized spacial score (nSPS) is 12.1. The number of fused-ring (bicyclic) bond motifs is 1. The van der Waals surface area contributed by atoms with Crippen LogP contribution in [0.4, 0.5) is 5.69 Å². The molecule has 1 aromatic heterocycles. The van der Waals surface area contributed by atoms with Gasteiger partial charge in [0.15, 0.2) is 0 Å². The zero-order valence-electron chi connectivity index (χ0n) is 14.7. The number of nitro groups is 1. The van der Waals surface area contributed by atoms with Crippen molar-refractivity contribution >= 4 is 45.9 Å². The molecule has 3 rings (SSSR count). The number of nitrogens with zero attached hydrogens (tertiary/aromatic N) is 2. The molecular weight excluding hydrogens is 388 g/mol. The Balaban J connectivity index is 2.09. The van der Waals surface area contributed by atoms with E-state index in [1.165, 1.54) is 24.8 Å². The fraction of sp³-hybridized carbons (Fsp3) is 0.211. The minimum atomic E-state index is -0.380. The summed E-state index contributed by atoms with van der Waals surface area (Å²) >= 11 is 7.37. The quantitative estimate of drug-likeness (QED) is 0.309. The highest BCUT2D eigenvalue weighted by Gasteiger charge is 2.22. The van der Waals surface area contributed by atoms with Crippen LogP contribution in [0.25, 0.3) is 10.9 Å². The maximum absolute atomic E-state index is 11.6. The number of rotatable bonds is 6. The number of carbonyl (C=O) groups excluding carboxylic acids is 1. The van der Waals surface area contributed by atoms with Crippen molar-refractivity contribution in [1.29, 1.82) is 0 Å². The highest BCUT2D eigenvalue weighted by molar-refractivity contribution is 7.99. The van der Waals surface area contributed by atoms with Crippen LogP contribution in [0.1, 0.15) is 19.9 Å². The van der Waals surface area contributed by atoms with Gasteiger partial charge in [-0.05, 0) is 37.3 Å². The van der Waals surface area contributed by atoms with Crippen LogP contribution >= 0.6 is 23.4 Å². The summed E-state index contributed by atoms with van der Waals surface area (Å²) in [7, 11) is 0. The first-order chi connectivity index (χ1) is 12.9. The molecule has 0 N–H and O–H groups in total. The summed E-state index contributed by atoms with van der Waals surface area (Å²) in [5, 5.41) is 12.8. The van der Waals surface area contributed by atoms with Gasteiger partial charge in [-0.3, -0.25) is 14.9 Å². The van der Waals surface area contributed by atoms with Crippen LogP contribution in [0.3, 0.4) is 0 Å². The molecule has 140 valence electrons. The van der Waals surface area contributed by atoms with Gasteiger partial charge in [-0.2, -0.15) is 0 Å². The average Bonchev–Trinajstić information content (AvgIpc) is 3.00. The maximum atomic E-state index is 11.6. The van der Waals surface area contributed by atoms with Crippen molar-refractivity contribution in [2.75, 3.05) is 6.61 Å². The molecule has 0 aliphatic rings. The first-order valence-corrected chi connectivity index (χ1v) is 9.41. The van der Waals surface area contributed by atoms with E-state index in [9.17, 15) is 14.9 Å². The van der Waals surface area contributed by atoms with Gasteiger partial charge >= 0.3 is 5.97 Å². The van der Waals surface area contributed by atoms with E-state index in [2.05, 4.69) is 0 Å². The fourth-order valence-corrected chi connectivity index (χ4v) is 3.93. The Bertz CT molecular complexity index is 1000. The van der Waals surface area contributed by atoms with Gasteiger partial charge in [0.25, 0.3) is 5.69 Å². The van der Waals surface area contributed by atoms with Gasteiger partial charge in [-0.1, -0.05) is 29.4 Å². The van der Waals surface area contributed by atoms with E-state index in [0.717, 1.165) is 15.3 Å². The zero-order chi connectivity index (χ0) is 19.6. The van der Waals surface area contributed by atoms with Crippen LogP contribution in [-0.2, 0) is 9.53 Å². The molecule has 3 aromatic rings. The lowest BCUT2D eigenvalue weighted by Gasteiger charge is -2.14. The van der Waals surface area contributed by atoms with Crippen LogP contribution in [0.2, 0.25) is 5.02 Å². The van der Waals surface area contributed by atoms with Crippen molar-refractivity contribution in [3.05, 3.63) is 63.8 Å². The topological polar surface area (TPSA) is 74.4 Å². The van der Waals surface area contributed by atoms with Crippen molar-refractivity contribution in [3.8, 4) is 0 Å². The van der Waals surface area contributed by atoms with E-state index in [-0.39, 0.29) is 29.2 Å². The standard InChI is InChI=1S/C19H17ClN2O4S/c1-12(11-26-13(2)23)21-10-18(27-15-8-6-14(20)7-9-15)19-16(21)4-3-5-17(19)22(24)25/h3-10,12H,11H2,1-2H3. The van der Waals surface area contributed by atoms with Gasteiger partial charge in [0, 0.05) is 34.0 Å². The summed E-state index contributed by atoms with van der Waals surface area (Å²) in [6, 6.07) is 12.1. The van der Waals surface area contributed by atoms with Gasteiger partial charge in [0.05, 0.1) is 21.9 Å². The SMILES string of the molecule is CC(=O)OCC(C)n1cc(Sc2ccc(Cl)cc2)c2c([N+](=O)[O-])cccc21. The van der Waals surface area contributed by atoms with E-state index < -0.39 is 0 Å². The summed E-state index contributed by atoms with van der Waals surface area (Å²) in [4.78, 5) is 24.0. The number of hydrogen-bond donors (Lipinski definition) is 0. The van der Waals surface area contributed by atoms with Gasteiger partial charge < -0.3 is 9.30 Å². The number of aromatic nitrogens is 1. The molecule has 0 bridgehead atoms. The lowest BCUT2D eigenvalue weighted by atomic mass is 10.2. The molecule has 0 fully saturated rings. The van der Waals surface area contributed by atoms with Gasteiger partial charge in [0.2, 0.25) is 0 Å². The van der Waals surface area contributed by atoms with Crippen molar-refractivity contribution in [2.24, 2.45) is 0 Å². The highest BCUT2D eigenvalue weighted by Crippen LogP contribution is 2.40. The monoisotopic (exact) mass is 404 g/mol. The Morgan fingerprint density at radius 3 is 2.63 bits per heavy atom. The molecule has 6 nitrogen and oxygen atoms in total. The van der Waals surface area contributed by atoms with Crippen LogP contribution in [-0.4, -0.2) is 22.1 Å². The second-order valence-corrected chi connectivity index (χ2v) is 7.59. The van der Waals surface area contributed by atoms with Crippen molar-refractivity contribution in [2.45, 2.75) is 29.7 Å². The Hall–Kier alpha value is -2.51. The summed E-state index contributed by atoms with van der Waals surface area (Å²) in [6.45, 7) is 3.44. The van der Waals surface area contributed by atoms with E-state index in [1.807, 2.05) is 35.9 Å². The van der Waals surface area contributed by atoms with Gasteiger partial charge in [-0.15, -0.1) is 0 Å². The van der Waals surface area contributed by atoms with Crippen molar-refractivity contribution in [1.82, 2.24) is 4.57 Å². The molecule has 0 radical (unpaired) electrons. The number of ether oxygens (including phenoxy) is 1. The largest absolute Gasteiger partial charge is 0.464 e. The number of carbonyl (C=O) groups is 1. The maximum Gasteiger partial charge on any atom is 0.302 e. The van der Waals surface area contributed by atoms with Gasteiger partial charge in [0.1, 0.15) is 6.61 Å². The second-order valence-electron chi connectivity index (χ2n) is 6.04. The Morgan fingerprint density at radius 2 is 2.00 bits per heavy atom. The molecule has 0 aliphatic heterocycles. The summed E-state index contributed by atoms with van der Waals surface area (Å²) in [5.74, 6) is -0.361. The number of non-ortho nitro benzene ring substituents is 1. The third kappa shape index (κ3) is 4.26. The molecule has 0 saturated heterocycles. The molecule has 0 amide bonds. The minimum Gasteiger partial charge on any atom is -0.464 e. The lowest BCUT2D eigenvalue weighted by Crippen LogP contribution is -2.13. The average molecular weight is 405 g/mol. The Kier molecular flexibility index (Phi) is 5.72. The van der Waals surface area contributed by atoms with E-state index in [0.29, 0.717) is 10.4 Å². The molecule has 1 unspecified atom stereocenters. The van der Waals surface area contributed by atoms with Gasteiger partial charge in [-0.25, -0.2) is 0 Å². The first-order valence-electron chi connectivity index (χ1n) is 8.21. The molecular formula is C19H17ClN2O4S. The molecule has 0 saturated carbocycles. The minimum absolute atomic E-state index is 0.0439. The number of nitro benzene ring substituents is 1. The predicted molar refractivity (Wildman–Crippen MR) is 106 cm³/mol. The smallest absolute Gasteiger partial charge is 0.302 e. The van der Waals surface area contributed by atoms with Crippen LogP contribution in [0, 0.1) is 10.1 Å². The molecule has 0 spiro atoms. The molecule has 27 heavy (non-hydrogen) atoms. The van der Waals surface area contributed by atoms with E-state index >= 15 is 0 Å². The third-order valence-corrected chi connectivity index (χ3v) is 5.33. The summed E-state index contributed by atoms with van der Waals surface area (Å²) < 4.78 is 7.02. The van der Waals surface area contributed by atoms with Crippen LogP contribution < -0.4 is 0 Å². The van der Waals surface area contributed by atoms with Crippen LogP contribution in [0.15, 0.2) is 58.5 Å². The molecule has 1 atom stereocenters. The Labute approximate surface area is 165 Å². The number of benzene rings is 2. The second kappa shape index (κ2) is 8.02. The molecule has 8 heteroatoms. The first kappa shape index (κ1) is 19.3. The fourth-order valence-electron chi connectivity index (χ4n) is 2.80.